The number of thiocarbonyl (C=S) groups is 1. The van der Waals surface area contributed by atoms with Crippen molar-refractivity contribution in [3.05, 3.63) is 94.5 Å². The molecule has 0 aliphatic carbocycles. The Morgan fingerprint density at radius 1 is 0.963 bits per heavy atom. The summed E-state index contributed by atoms with van der Waals surface area (Å²) < 4.78 is 6.63. The van der Waals surface area contributed by atoms with E-state index in [0.29, 0.717) is 17.9 Å². The molecular weight excluding hydrogens is 424 g/mol. The van der Waals surface area contributed by atoms with E-state index in [4.69, 9.17) is 17.0 Å². The molecule has 0 aliphatic rings. The molecule has 1 amide bonds. The van der Waals surface area contributed by atoms with Crippen molar-refractivity contribution in [2.24, 2.45) is 0 Å². The largest absolute Gasteiger partial charge is 0.489 e. The predicted octanol–water partition coefficient (Wildman–Crippen LogP) is 5.15. The summed E-state index contributed by atoms with van der Waals surface area (Å²) in [6.07, 6.45) is 0. The van der Waals surface area contributed by atoms with Crippen molar-refractivity contribution in [1.82, 2.24) is 5.32 Å². The normalized spacial score (nSPS) is 10.1. The van der Waals surface area contributed by atoms with Crippen molar-refractivity contribution in [2.45, 2.75) is 6.61 Å². The standard InChI is InChI=1S/C21H17BrN2O2S/c22-17-9-4-8-16(12-17)20(25)24-21(27)23-18-10-5-11-19(13-18)26-14-15-6-2-1-3-7-15/h1-13H,14H2,(H2,23,24,25,27). The number of carbonyl (C=O) groups is 1. The van der Waals surface area contributed by atoms with E-state index < -0.39 is 0 Å². The van der Waals surface area contributed by atoms with Gasteiger partial charge < -0.3 is 10.1 Å². The van der Waals surface area contributed by atoms with Crippen LogP contribution in [0.25, 0.3) is 0 Å². The van der Waals surface area contributed by atoms with Gasteiger partial charge in [0.25, 0.3) is 5.91 Å². The Balaban J connectivity index is 1.57. The van der Waals surface area contributed by atoms with Crippen LogP contribution in [-0.4, -0.2) is 11.0 Å². The van der Waals surface area contributed by atoms with Gasteiger partial charge in [0.05, 0.1) is 0 Å². The quantitative estimate of drug-likeness (QED) is 0.538. The first-order chi connectivity index (χ1) is 13.1. The summed E-state index contributed by atoms with van der Waals surface area (Å²) in [5, 5.41) is 5.89. The molecule has 0 unspecified atom stereocenters. The number of amides is 1. The van der Waals surface area contributed by atoms with Crippen LogP contribution in [0, 0.1) is 0 Å². The number of carbonyl (C=O) groups excluding carboxylic acids is 1. The van der Waals surface area contributed by atoms with Crippen LogP contribution in [0.1, 0.15) is 15.9 Å². The Labute approximate surface area is 171 Å². The molecule has 2 N–H and O–H groups in total. The molecule has 0 atom stereocenters. The maximum absolute atomic E-state index is 12.2. The highest BCUT2D eigenvalue weighted by atomic mass is 79.9. The second-order valence-electron chi connectivity index (χ2n) is 5.72. The van der Waals surface area contributed by atoms with Gasteiger partial charge in [-0.25, -0.2) is 0 Å². The maximum atomic E-state index is 12.2. The number of hydrogen-bond donors (Lipinski definition) is 2. The van der Waals surface area contributed by atoms with Crippen molar-refractivity contribution in [3.8, 4) is 5.75 Å². The second kappa shape index (κ2) is 9.30. The van der Waals surface area contributed by atoms with Crippen LogP contribution in [-0.2, 0) is 6.61 Å². The van der Waals surface area contributed by atoms with Gasteiger partial charge >= 0.3 is 0 Å². The third-order valence-electron chi connectivity index (χ3n) is 3.65. The average molecular weight is 441 g/mol. The number of halogens is 1. The van der Waals surface area contributed by atoms with Gasteiger partial charge in [-0.2, -0.15) is 0 Å². The summed E-state index contributed by atoms with van der Waals surface area (Å²) in [4.78, 5) is 12.2. The highest BCUT2D eigenvalue weighted by molar-refractivity contribution is 9.10. The Hall–Kier alpha value is -2.70. The second-order valence-corrected chi connectivity index (χ2v) is 7.04. The Kier molecular flexibility index (Phi) is 6.57. The van der Waals surface area contributed by atoms with Gasteiger partial charge in [0.2, 0.25) is 0 Å². The molecule has 0 aliphatic heterocycles. The zero-order chi connectivity index (χ0) is 19.1. The van der Waals surface area contributed by atoms with Crippen LogP contribution in [0.4, 0.5) is 5.69 Å². The molecule has 3 aromatic rings. The molecule has 0 saturated heterocycles. The van der Waals surface area contributed by atoms with Crippen molar-refractivity contribution in [2.75, 3.05) is 5.32 Å². The van der Waals surface area contributed by atoms with Crippen molar-refractivity contribution >= 4 is 44.9 Å². The fourth-order valence-corrected chi connectivity index (χ4v) is 2.98. The molecule has 3 rings (SSSR count). The summed E-state index contributed by atoms with van der Waals surface area (Å²) in [5.41, 5.74) is 2.35. The first kappa shape index (κ1) is 19.1. The zero-order valence-electron chi connectivity index (χ0n) is 14.3. The lowest BCUT2D eigenvalue weighted by molar-refractivity contribution is 0.0977. The number of anilines is 1. The summed E-state index contributed by atoms with van der Waals surface area (Å²) >= 11 is 8.58. The number of benzene rings is 3. The number of rotatable bonds is 5. The van der Waals surface area contributed by atoms with E-state index in [-0.39, 0.29) is 11.0 Å². The summed E-state index contributed by atoms with van der Waals surface area (Å²) in [7, 11) is 0. The topological polar surface area (TPSA) is 50.4 Å². The van der Waals surface area contributed by atoms with Gasteiger partial charge in [-0.3, -0.25) is 10.1 Å². The minimum Gasteiger partial charge on any atom is -0.489 e. The number of nitrogens with one attached hydrogen (secondary N) is 2. The number of ether oxygens (including phenoxy) is 1. The molecule has 0 saturated carbocycles. The molecular formula is C21H17BrN2O2S. The van der Waals surface area contributed by atoms with Crippen LogP contribution in [0.15, 0.2) is 83.3 Å². The summed E-state index contributed by atoms with van der Waals surface area (Å²) in [6.45, 7) is 0.481. The van der Waals surface area contributed by atoms with Gasteiger partial charge in [-0.1, -0.05) is 58.4 Å². The van der Waals surface area contributed by atoms with E-state index in [1.54, 1.807) is 18.2 Å². The SMILES string of the molecule is O=C(NC(=S)Nc1cccc(OCc2ccccc2)c1)c1cccc(Br)c1. The van der Waals surface area contributed by atoms with Crippen molar-refractivity contribution in [3.63, 3.8) is 0 Å². The van der Waals surface area contributed by atoms with Gasteiger partial charge in [0.1, 0.15) is 12.4 Å². The van der Waals surface area contributed by atoms with Crippen LogP contribution >= 0.6 is 28.1 Å². The molecule has 6 heteroatoms. The van der Waals surface area contributed by atoms with E-state index >= 15 is 0 Å². The Morgan fingerprint density at radius 3 is 2.52 bits per heavy atom. The van der Waals surface area contributed by atoms with Gasteiger partial charge in [-0.05, 0) is 48.1 Å². The zero-order valence-corrected chi connectivity index (χ0v) is 16.7. The van der Waals surface area contributed by atoms with Crippen LogP contribution in [0.3, 0.4) is 0 Å². The monoisotopic (exact) mass is 440 g/mol. The van der Waals surface area contributed by atoms with E-state index in [1.807, 2.05) is 60.7 Å². The fourth-order valence-electron chi connectivity index (χ4n) is 2.37. The molecule has 0 aromatic heterocycles. The molecule has 0 heterocycles. The molecule has 27 heavy (non-hydrogen) atoms. The Bertz CT molecular complexity index is 948. The lowest BCUT2D eigenvalue weighted by Crippen LogP contribution is -2.34. The third kappa shape index (κ3) is 5.91. The van der Waals surface area contributed by atoms with E-state index in [2.05, 4.69) is 26.6 Å². The highest BCUT2D eigenvalue weighted by Gasteiger charge is 2.08. The minimum absolute atomic E-state index is 0.222. The smallest absolute Gasteiger partial charge is 0.257 e. The predicted molar refractivity (Wildman–Crippen MR) is 115 cm³/mol. The van der Waals surface area contributed by atoms with Crippen LogP contribution in [0.2, 0.25) is 0 Å². The molecule has 3 aromatic carbocycles. The fraction of sp³-hybridized carbons (Fsp3) is 0.0476. The Morgan fingerprint density at radius 2 is 1.74 bits per heavy atom. The number of hydrogen-bond acceptors (Lipinski definition) is 3. The van der Waals surface area contributed by atoms with Crippen molar-refractivity contribution < 1.29 is 9.53 Å². The van der Waals surface area contributed by atoms with Crippen molar-refractivity contribution in [1.29, 1.82) is 0 Å². The molecule has 0 spiro atoms. The van der Waals surface area contributed by atoms with E-state index in [9.17, 15) is 4.79 Å². The molecule has 4 nitrogen and oxygen atoms in total. The van der Waals surface area contributed by atoms with Gasteiger partial charge in [0.15, 0.2) is 5.11 Å². The molecule has 136 valence electrons. The first-order valence-corrected chi connectivity index (χ1v) is 9.45. The van der Waals surface area contributed by atoms with E-state index in [0.717, 1.165) is 15.7 Å². The van der Waals surface area contributed by atoms with Gasteiger partial charge in [-0.15, -0.1) is 0 Å². The van der Waals surface area contributed by atoms with Gasteiger partial charge in [0, 0.05) is 21.8 Å². The van der Waals surface area contributed by atoms with Crippen LogP contribution in [0.5, 0.6) is 5.75 Å². The maximum Gasteiger partial charge on any atom is 0.257 e. The third-order valence-corrected chi connectivity index (χ3v) is 4.35. The molecule has 0 fully saturated rings. The molecule has 0 radical (unpaired) electrons. The lowest BCUT2D eigenvalue weighted by atomic mass is 10.2. The summed E-state index contributed by atoms with van der Waals surface area (Å²) in [5.74, 6) is 0.440. The minimum atomic E-state index is -0.273. The van der Waals surface area contributed by atoms with E-state index in [1.165, 1.54) is 0 Å². The molecule has 0 bridgehead atoms. The van der Waals surface area contributed by atoms with Crippen LogP contribution < -0.4 is 15.4 Å². The average Bonchev–Trinajstić information content (AvgIpc) is 2.67. The first-order valence-electron chi connectivity index (χ1n) is 8.25. The summed E-state index contributed by atoms with van der Waals surface area (Å²) in [6, 6.07) is 24.5. The lowest BCUT2D eigenvalue weighted by Gasteiger charge is -2.12. The highest BCUT2D eigenvalue weighted by Crippen LogP contribution is 2.19.